The molecule has 6 nitrogen and oxygen atoms in total. The number of fused-ring (bicyclic) bond motifs is 1. The highest BCUT2D eigenvalue weighted by Gasteiger charge is 2.31. The number of esters is 1. The quantitative estimate of drug-likeness (QED) is 0.280. The number of hydrogen-bond acceptors (Lipinski definition) is 6. The van der Waals surface area contributed by atoms with Crippen molar-refractivity contribution in [3.8, 4) is 11.5 Å². The molecular weight excluding hydrogens is 448 g/mol. The van der Waals surface area contributed by atoms with Crippen LogP contribution in [0.25, 0.3) is 6.08 Å². The molecule has 1 aliphatic heterocycles. The number of benzene rings is 2. The number of ether oxygens (including phenoxy) is 2. The second-order valence-corrected chi connectivity index (χ2v) is 7.52. The van der Waals surface area contributed by atoms with Gasteiger partial charge in [-0.3, -0.25) is 9.59 Å². The summed E-state index contributed by atoms with van der Waals surface area (Å²) in [7, 11) is 0. The molecule has 3 aromatic rings. The highest BCUT2D eigenvalue weighted by atomic mass is 35.5. The molecule has 2 heterocycles. The predicted molar refractivity (Wildman–Crippen MR) is 111 cm³/mol. The molecule has 4 rings (SSSR count). The van der Waals surface area contributed by atoms with Crippen molar-refractivity contribution in [1.29, 1.82) is 0 Å². The number of carbonyl (C=O) groups excluding carboxylic acids is 2. The average Bonchev–Trinajstić information content (AvgIpc) is 3.29. The van der Waals surface area contributed by atoms with Crippen LogP contribution in [-0.2, 0) is 11.2 Å². The van der Waals surface area contributed by atoms with Crippen LogP contribution < -0.4 is 9.47 Å². The molecule has 0 saturated carbocycles. The molecule has 0 saturated heterocycles. The Labute approximate surface area is 186 Å². The van der Waals surface area contributed by atoms with E-state index < -0.39 is 17.6 Å². The number of aryl methyl sites for hydroxylation is 1. The summed E-state index contributed by atoms with van der Waals surface area (Å²) < 4.78 is 30.1. The van der Waals surface area contributed by atoms with E-state index in [0.717, 1.165) is 0 Å². The molecule has 1 aliphatic rings. The number of halogens is 3. The van der Waals surface area contributed by atoms with Crippen molar-refractivity contribution in [2.24, 2.45) is 0 Å². The molecule has 0 atom stereocenters. The molecule has 9 heteroatoms. The van der Waals surface area contributed by atoms with Crippen molar-refractivity contribution in [2.45, 2.75) is 19.8 Å². The molecule has 0 bridgehead atoms. The highest BCUT2D eigenvalue weighted by molar-refractivity contribution is 6.32. The Balaban J connectivity index is 1.52. The smallest absolute Gasteiger partial charge is 0.311 e. The molecule has 0 radical (unpaired) electrons. The number of rotatable bonds is 5. The molecule has 0 N–H and O–H groups in total. The van der Waals surface area contributed by atoms with Gasteiger partial charge in [0.25, 0.3) is 0 Å². The fraction of sp³-hybridized carbons (Fsp3) is 0.136. The maximum atomic E-state index is 14.1. The van der Waals surface area contributed by atoms with Crippen LogP contribution in [0.1, 0.15) is 33.7 Å². The van der Waals surface area contributed by atoms with Crippen LogP contribution in [0.2, 0.25) is 10.2 Å². The maximum Gasteiger partial charge on any atom is 0.311 e. The van der Waals surface area contributed by atoms with Gasteiger partial charge in [0.1, 0.15) is 23.1 Å². The SMILES string of the molecule is Cc1c(OC(=O)CCc2cc(Cl)no2)ccc2c1O/C(=C\c1c(F)cccc1Cl)C2=O. The summed E-state index contributed by atoms with van der Waals surface area (Å²) in [5.41, 5.74) is 0.800. The standard InChI is InChI=1S/C22H14Cl2FNO5/c1-11-17(29-20(27)8-5-12-9-19(24)26-31-12)7-6-13-21(28)18(30-22(11)13)10-14-15(23)3-2-4-16(14)25/h2-4,6-7,9-10H,5,8H2,1H3/b18-10-. The average molecular weight is 462 g/mol. The van der Waals surface area contributed by atoms with Gasteiger partial charge in [0.05, 0.1) is 17.0 Å². The zero-order chi connectivity index (χ0) is 22.1. The van der Waals surface area contributed by atoms with Crippen molar-refractivity contribution < 1.29 is 28.0 Å². The van der Waals surface area contributed by atoms with Crippen LogP contribution in [0.4, 0.5) is 4.39 Å². The fourth-order valence-electron chi connectivity index (χ4n) is 3.06. The number of carbonyl (C=O) groups is 2. The number of aromatic nitrogens is 1. The Morgan fingerprint density at radius 3 is 2.77 bits per heavy atom. The Morgan fingerprint density at radius 2 is 2.06 bits per heavy atom. The normalized spacial score (nSPS) is 13.9. The second kappa shape index (κ2) is 8.53. The fourth-order valence-corrected chi connectivity index (χ4v) is 3.44. The van der Waals surface area contributed by atoms with Crippen LogP contribution in [0.15, 0.2) is 46.7 Å². The number of nitrogens with zero attached hydrogens (tertiary/aromatic N) is 1. The number of allylic oxidation sites excluding steroid dienone is 1. The lowest BCUT2D eigenvalue weighted by Crippen LogP contribution is -2.10. The van der Waals surface area contributed by atoms with Crippen molar-refractivity contribution in [1.82, 2.24) is 5.16 Å². The molecule has 2 aromatic carbocycles. The maximum absolute atomic E-state index is 14.1. The topological polar surface area (TPSA) is 78.6 Å². The molecular formula is C22H14Cl2FNO5. The first-order valence-electron chi connectivity index (χ1n) is 9.17. The van der Waals surface area contributed by atoms with E-state index in [0.29, 0.717) is 11.3 Å². The van der Waals surface area contributed by atoms with Crippen LogP contribution in [0, 0.1) is 12.7 Å². The first-order valence-corrected chi connectivity index (χ1v) is 9.92. The van der Waals surface area contributed by atoms with Crippen LogP contribution in [0.5, 0.6) is 11.5 Å². The van der Waals surface area contributed by atoms with Gasteiger partial charge >= 0.3 is 5.97 Å². The van der Waals surface area contributed by atoms with Crippen LogP contribution in [-0.4, -0.2) is 16.9 Å². The Kier molecular flexibility index (Phi) is 5.80. The Hall–Kier alpha value is -3.16. The zero-order valence-electron chi connectivity index (χ0n) is 16.1. The monoisotopic (exact) mass is 461 g/mol. The molecule has 31 heavy (non-hydrogen) atoms. The molecule has 0 spiro atoms. The van der Waals surface area contributed by atoms with Crippen molar-refractivity contribution in [2.75, 3.05) is 0 Å². The summed E-state index contributed by atoms with van der Waals surface area (Å²) in [6.07, 6.45) is 1.57. The summed E-state index contributed by atoms with van der Waals surface area (Å²) in [6, 6.07) is 8.74. The minimum absolute atomic E-state index is 0.0404. The van der Waals surface area contributed by atoms with Crippen LogP contribution >= 0.6 is 23.2 Å². The second-order valence-electron chi connectivity index (χ2n) is 6.73. The van der Waals surface area contributed by atoms with E-state index in [2.05, 4.69) is 5.16 Å². The van der Waals surface area contributed by atoms with Gasteiger partial charge in [0, 0.05) is 23.6 Å². The van der Waals surface area contributed by atoms with E-state index in [9.17, 15) is 14.0 Å². The van der Waals surface area contributed by atoms with Gasteiger partial charge in [-0.1, -0.05) is 34.4 Å². The van der Waals surface area contributed by atoms with Gasteiger partial charge in [-0.2, -0.15) is 0 Å². The third kappa shape index (κ3) is 4.33. The number of hydrogen-bond donors (Lipinski definition) is 0. The lowest BCUT2D eigenvalue weighted by atomic mass is 10.1. The van der Waals surface area contributed by atoms with Gasteiger partial charge in [-0.05, 0) is 37.3 Å². The lowest BCUT2D eigenvalue weighted by Gasteiger charge is -2.10. The van der Waals surface area contributed by atoms with Gasteiger partial charge in [-0.15, -0.1) is 0 Å². The van der Waals surface area contributed by atoms with E-state index in [-0.39, 0.29) is 51.4 Å². The molecule has 158 valence electrons. The lowest BCUT2D eigenvalue weighted by molar-refractivity contribution is -0.134. The van der Waals surface area contributed by atoms with E-state index in [1.807, 2.05) is 0 Å². The third-order valence-corrected chi connectivity index (χ3v) is 5.15. The highest BCUT2D eigenvalue weighted by Crippen LogP contribution is 2.40. The van der Waals surface area contributed by atoms with Crippen molar-refractivity contribution >= 4 is 41.0 Å². The van der Waals surface area contributed by atoms with Gasteiger partial charge in [-0.25, -0.2) is 4.39 Å². The zero-order valence-corrected chi connectivity index (χ0v) is 17.6. The van der Waals surface area contributed by atoms with E-state index in [1.54, 1.807) is 6.92 Å². The molecule has 0 fully saturated rings. The van der Waals surface area contributed by atoms with Gasteiger partial charge in [0.15, 0.2) is 10.9 Å². The van der Waals surface area contributed by atoms with E-state index in [4.69, 9.17) is 37.2 Å². The number of Topliss-reactive ketones (excluding diaryl/α,β-unsaturated/α-hetero) is 1. The molecule has 0 amide bonds. The van der Waals surface area contributed by atoms with E-state index >= 15 is 0 Å². The molecule has 0 aliphatic carbocycles. The summed E-state index contributed by atoms with van der Waals surface area (Å²) in [6.45, 7) is 1.66. The van der Waals surface area contributed by atoms with E-state index in [1.165, 1.54) is 42.5 Å². The predicted octanol–water partition coefficient (Wildman–Crippen LogP) is 5.58. The summed E-state index contributed by atoms with van der Waals surface area (Å²) in [5, 5.41) is 3.90. The summed E-state index contributed by atoms with van der Waals surface area (Å²) >= 11 is 11.7. The minimum Gasteiger partial charge on any atom is -0.452 e. The largest absolute Gasteiger partial charge is 0.452 e. The Morgan fingerprint density at radius 1 is 1.26 bits per heavy atom. The first kappa shape index (κ1) is 21.1. The molecule has 1 aromatic heterocycles. The van der Waals surface area contributed by atoms with Crippen molar-refractivity contribution in [3.63, 3.8) is 0 Å². The van der Waals surface area contributed by atoms with Gasteiger partial charge in [0.2, 0.25) is 5.78 Å². The van der Waals surface area contributed by atoms with Gasteiger partial charge < -0.3 is 14.0 Å². The first-order chi connectivity index (χ1) is 14.8. The number of ketones is 1. The van der Waals surface area contributed by atoms with Crippen LogP contribution in [0.3, 0.4) is 0 Å². The summed E-state index contributed by atoms with van der Waals surface area (Å²) in [5.74, 6) is -0.620. The minimum atomic E-state index is -0.577. The Bertz CT molecular complexity index is 1210. The summed E-state index contributed by atoms with van der Waals surface area (Å²) in [4.78, 5) is 24.9. The van der Waals surface area contributed by atoms with Crippen molar-refractivity contribution in [3.05, 3.63) is 80.6 Å². The molecule has 0 unspecified atom stereocenters. The third-order valence-electron chi connectivity index (χ3n) is 4.64.